The number of carbonyl (C=O) groups excluding carboxylic acids is 1. The number of sulfonamides is 1. The van der Waals surface area contributed by atoms with Crippen LogP contribution < -0.4 is 0 Å². The number of nitrogens with zero attached hydrogens (tertiary/aromatic N) is 2. The summed E-state index contributed by atoms with van der Waals surface area (Å²) in [6, 6.07) is 7.20. The predicted octanol–water partition coefficient (Wildman–Crippen LogP) is 3.40. The molecule has 27 heavy (non-hydrogen) atoms. The summed E-state index contributed by atoms with van der Waals surface area (Å²) >= 11 is 0. The zero-order valence-corrected chi connectivity index (χ0v) is 17.8. The molecule has 0 unspecified atom stereocenters. The van der Waals surface area contributed by atoms with Crippen LogP contribution in [-0.2, 0) is 20.2 Å². The van der Waals surface area contributed by atoms with Crippen molar-refractivity contribution in [3.8, 4) is 0 Å². The van der Waals surface area contributed by atoms with E-state index in [1.54, 1.807) is 12.1 Å². The van der Waals surface area contributed by atoms with Gasteiger partial charge >= 0.3 is 0 Å². The lowest BCUT2D eigenvalue weighted by Crippen LogP contribution is -2.53. The summed E-state index contributed by atoms with van der Waals surface area (Å²) in [5, 5.41) is 0. The van der Waals surface area contributed by atoms with Gasteiger partial charge in [-0.15, -0.1) is 0 Å². The Kier molecular flexibility index (Phi) is 5.43. The van der Waals surface area contributed by atoms with E-state index in [0.29, 0.717) is 31.1 Å². The average Bonchev–Trinajstić information content (AvgIpc) is 3.08. The van der Waals surface area contributed by atoms with Crippen molar-refractivity contribution in [1.29, 1.82) is 0 Å². The third kappa shape index (κ3) is 4.06. The quantitative estimate of drug-likeness (QED) is 0.792. The second-order valence-corrected chi connectivity index (χ2v) is 11.2. The first kappa shape index (κ1) is 20.3. The molecule has 0 aromatic heterocycles. The molecule has 0 radical (unpaired) electrons. The second kappa shape index (κ2) is 7.21. The smallest absolute Gasteiger partial charge is 0.243 e. The molecule has 1 aliphatic carbocycles. The summed E-state index contributed by atoms with van der Waals surface area (Å²) in [6.45, 7) is 10.1. The molecule has 0 N–H and O–H groups in total. The number of hydrogen-bond donors (Lipinski definition) is 0. The van der Waals surface area contributed by atoms with Crippen molar-refractivity contribution in [3.05, 3.63) is 29.8 Å². The van der Waals surface area contributed by atoms with Crippen LogP contribution in [0.5, 0.6) is 0 Å². The lowest BCUT2D eigenvalue weighted by Gasteiger charge is -2.38. The summed E-state index contributed by atoms with van der Waals surface area (Å²) in [7, 11) is -3.51. The lowest BCUT2D eigenvalue weighted by atomic mass is 9.87. The molecular weight excluding hydrogens is 360 g/mol. The van der Waals surface area contributed by atoms with E-state index < -0.39 is 10.0 Å². The number of amides is 1. The van der Waals surface area contributed by atoms with E-state index in [9.17, 15) is 13.2 Å². The number of rotatable bonds is 3. The molecule has 1 aromatic rings. The first-order chi connectivity index (χ1) is 12.5. The van der Waals surface area contributed by atoms with Gasteiger partial charge in [0.15, 0.2) is 0 Å². The largest absolute Gasteiger partial charge is 0.340 e. The van der Waals surface area contributed by atoms with Gasteiger partial charge in [-0.1, -0.05) is 52.7 Å². The van der Waals surface area contributed by atoms with Gasteiger partial charge in [-0.3, -0.25) is 4.79 Å². The fourth-order valence-electron chi connectivity index (χ4n) is 4.16. The third-order valence-electron chi connectivity index (χ3n) is 6.11. The van der Waals surface area contributed by atoms with Crippen molar-refractivity contribution in [3.63, 3.8) is 0 Å². The number of piperazine rings is 1. The topological polar surface area (TPSA) is 57.7 Å². The van der Waals surface area contributed by atoms with Gasteiger partial charge in [0, 0.05) is 31.6 Å². The first-order valence-electron chi connectivity index (χ1n) is 9.94. The van der Waals surface area contributed by atoms with Crippen LogP contribution >= 0.6 is 0 Å². The van der Waals surface area contributed by atoms with E-state index in [2.05, 4.69) is 27.7 Å². The van der Waals surface area contributed by atoms with Crippen LogP contribution in [0.3, 0.4) is 0 Å². The molecule has 1 amide bonds. The number of carbonyl (C=O) groups is 1. The molecule has 6 heteroatoms. The van der Waals surface area contributed by atoms with E-state index in [0.717, 1.165) is 31.2 Å². The summed E-state index contributed by atoms with van der Waals surface area (Å²) < 4.78 is 27.4. The van der Waals surface area contributed by atoms with Crippen molar-refractivity contribution in [2.45, 2.75) is 63.7 Å². The summed E-state index contributed by atoms with van der Waals surface area (Å²) in [6.07, 6.45) is 4.12. The molecule has 0 spiro atoms. The SMILES string of the molecule is CC1(C(=O)N2CCN(S(=O)(=O)c3ccc(C(C)(C)C)cc3)CC2)CCCC1. The Morgan fingerprint density at radius 1 is 0.963 bits per heavy atom. The van der Waals surface area contributed by atoms with Gasteiger partial charge in [0.25, 0.3) is 0 Å². The monoisotopic (exact) mass is 392 g/mol. The van der Waals surface area contributed by atoms with Crippen molar-refractivity contribution in [2.24, 2.45) is 5.41 Å². The van der Waals surface area contributed by atoms with Gasteiger partial charge < -0.3 is 4.90 Å². The highest BCUT2D eigenvalue weighted by Crippen LogP contribution is 2.39. The molecule has 5 nitrogen and oxygen atoms in total. The van der Waals surface area contributed by atoms with Crippen molar-refractivity contribution in [2.75, 3.05) is 26.2 Å². The van der Waals surface area contributed by atoms with Crippen LogP contribution in [0.4, 0.5) is 0 Å². The van der Waals surface area contributed by atoms with Gasteiger partial charge in [0.1, 0.15) is 0 Å². The third-order valence-corrected chi connectivity index (χ3v) is 8.02. The second-order valence-electron chi connectivity index (χ2n) is 9.24. The standard InChI is InChI=1S/C21H32N2O3S/c1-20(2,3)17-7-9-18(10-8-17)27(25,26)23-15-13-22(14-16-23)19(24)21(4)11-5-6-12-21/h7-10H,5-6,11-16H2,1-4H3. The fourth-order valence-corrected chi connectivity index (χ4v) is 5.58. The number of hydrogen-bond acceptors (Lipinski definition) is 3. The average molecular weight is 393 g/mol. The Bertz CT molecular complexity index is 780. The Balaban J connectivity index is 1.67. The van der Waals surface area contributed by atoms with Gasteiger partial charge in [-0.25, -0.2) is 8.42 Å². The maximum atomic E-state index is 13.0. The lowest BCUT2D eigenvalue weighted by molar-refractivity contribution is -0.142. The van der Waals surface area contributed by atoms with Crippen molar-refractivity contribution >= 4 is 15.9 Å². The summed E-state index contributed by atoms with van der Waals surface area (Å²) in [4.78, 5) is 15.0. The van der Waals surface area contributed by atoms with Gasteiger partial charge in [-0.2, -0.15) is 4.31 Å². The highest BCUT2D eigenvalue weighted by molar-refractivity contribution is 7.89. The number of benzene rings is 1. The molecule has 0 atom stereocenters. The fraction of sp³-hybridized carbons (Fsp3) is 0.667. The van der Waals surface area contributed by atoms with Crippen LogP contribution in [-0.4, -0.2) is 49.7 Å². The minimum Gasteiger partial charge on any atom is -0.340 e. The molecule has 150 valence electrons. The van der Waals surface area contributed by atoms with E-state index >= 15 is 0 Å². The summed E-state index contributed by atoms with van der Waals surface area (Å²) in [5.41, 5.74) is 0.857. The highest BCUT2D eigenvalue weighted by Gasteiger charge is 2.40. The normalized spacial score (nSPS) is 21.4. The van der Waals surface area contributed by atoms with Crippen LogP contribution in [0.2, 0.25) is 0 Å². The van der Waals surface area contributed by atoms with Gasteiger partial charge in [0.2, 0.25) is 15.9 Å². The van der Waals surface area contributed by atoms with E-state index in [4.69, 9.17) is 0 Å². The Hall–Kier alpha value is -1.40. The molecule has 1 saturated heterocycles. The van der Waals surface area contributed by atoms with Crippen LogP contribution in [0.1, 0.15) is 58.9 Å². The van der Waals surface area contributed by atoms with E-state index in [1.807, 2.05) is 17.0 Å². The molecule has 1 aliphatic heterocycles. The molecule has 1 heterocycles. The summed E-state index contributed by atoms with van der Waals surface area (Å²) in [5.74, 6) is 0.201. The minimum absolute atomic E-state index is 0.00930. The molecule has 0 bridgehead atoms. The van der Waals surface area contributed by atoms with Crippen LogP contribution in [0.25, 0.3) is 0 Å². The molecule has 2 aliphatic rings. The van der Waals surface area contributed by atoms with E-state index in [-0.39, 0.29) is 16.7 Å². The maximum Gasteiger partial charge on any atom is 0.243 e. The van der Waals surface area contributed by atoms with Crippen molar-refractivity contribution < 1.29 is 13.2 Å². The Labute approximate surface area is 163 Å². The minimum atomic E-state index is -3.51. The Morgan fingerprint density at radius 3 is 1.96 bits per heavy atom. The van der Waals surface area contributed by atoms with Crippen LogP contribution in [0.15, 0.2) is 29.2 Å². The van der Waals surface area contributed by atoms with Gasteiger partial charge in [-0.05, 0) is 36.0 Å². The molecule has 1 aromatic carbocycles. The molecule has 1 saturated carbocycles. The van der Waals surface area contributed by atoms with Crippen LogP contribution in [0, 0.1) is 5.41 Å². The van der Waals surface area contributed by atoms with E-state index in [1.165, 1.54) is 4.31 Å². The highest BCUT2D eigenvalue weighted by atomic mass is 32.2. The predicted molar refractivity (Wildman–Crippen MR) is 107 cm³/mol. The zero-order valence-electron chi connectivity index (χ0n) is 17.0. The molecule has 2 fully saturated rings. The zero-order chi connectivity index (χ0) is 19.9. The first-order valence-corrected chi connectivity index (χ1v) is 11.4. The Morgan fingerprint density at radius 2 is 1.48 bits per heavy atom. The van der Waals surface area contributed by atoms with Crippen molar-refractivity contribution in [1.82, 2.24) is 9.21 Å². The van der Waals surface area contributed by atoms with Gasteiger partial charge in [0.05, 0.1) is 4.90 Å². The maximum absolute atomic E-state index is 13.0. The molecule has 3 rings (SSSR count). The molecular formula is C21H32N2O3S.